The Bertz CT molecular complexity index is 448. The molecule has 2 N–H and O–H groups in total. The van der Waals surface area contributed by atoms with Crippen LogP contribution in [0.4, 0.5) is 9.59 Å². The number of aliphatic hydroxyl groups excluding tert-OH is 1. The zero-order valence-corrected chi connectivity index (χ0v) is 14.0. The number of aliphatic hydroxyl groups is 1. The first-order valence-electron chi connectivity index (χ1n) is 7.25. The van der Waals surface area contributed by atoms with Crippen LogP contribution in [-0.2, 0) is 9.47 Å². The highest BCUT2D eigenvalue weighted by atomic mass is 16.6. The Hall–Kier alpha value is -1.76. The Balaban J connectivity index is 2.83. The van der Waals surface area contributed by atoms with Crippen LogP contribution in [0.2, 0.25) is 0 Å². The van der Waals surface area contributed by atoms with E-state index in [2.05, 4.69) is 5.43 Å². The molecule has 0 bridgehead atoms. The number of carbonyl (C=O) groups excluding carboxylic acids is 2. The van der Waals surface area contributed by atoms with Crippen LogP contribution >= 0.6 is 0 Å². The molecule has 0 heterocycles. The molecule has 0 aromatic heterocycles. The van der Waals surface area contributed by atoms with E-state index in [4.69, 9.17) is 9.47 Å². The molecule has 0 spiro atoms. The number of amides is 2. The molecule has 2 atom stereocenters. The molecule has 0 aliphatic heterocycles. The summed E-state index contributed by atoms with van der Waals surface area (Å²) in [6.45, 7) is 10.3. The number of ether oxygens (including phenoxy) is 2. The molecule has 1 unspecified atom stereocenters. The molecule has 0 aromatic carbocycles. The third-order valence-corrected chi connectivity index (χ3v) is 2.64. The second kappa shape index (κ2) is 6.56. The van der Waals surface area contributed by atoms with Crippen molar-refractivity contribution in [2.75, 3.05) is 0 Å². The van der Waals surface area contributed by atoms with E-state index in [1.807, 2.05) is 0 Å². The molecule has 1 aliphatic carbocycles. The second-order valence-corrected chi connectivity index (χ2v) is 7.19. The zero-order valence-electron chi connectivity index (χ0n) is 14.0. The van der Waals surface area contributed by atoms with Crippen molar-refractivity contribution in [2.45, 2.75) is 71.3 Å². The van der Waals surface area contributed by atoms with Gasteiger partial charge in [0.05, 0.1) is 12.1 Å². The normalized spacial score (nSPS) is 21.4. The summed E-state index contributed by atoms with van der Waals surface area (Å²) in [5.41, 5.74) is 0.947. The van der Waals surface area contributed by atoms with E-state index in [-0.39, 0.29) is 0 Å². The number of rotatable bonds is 1. The lowest BCUT2D eigenvalue weighted by atomic mass is 10.2. The van der Waals surface area contributed by atoms with Crippen LogP contribution in [0.5, 0.6) is 0 Å². The highest BCUT2D eigenvalue weighted by Crippen LogP contribution is 2.20. The van der Waals surface area contributed by atoms with Gasteiger partial charge in [-0.25, -0.2) is 20.0 Å². The molecule has 2 amide bonds. The molecule has 126 valence electrons. The summed E-state index contributed by atoms with van der Waals surface area (Å²) in [6, 6.07) is -0.623. The lowest BCUT2D eigenvalue weighted by molar-refractivity contribution is -0.0214. The van der Waals surface area contributed by atoms with Crippen molar-refractivity contribution in [1.29, 1.82) is 0 Å². The molecule has 0 aromatic rings. The number of nitrogens with one attached hydrogen (secondary N) is 1. The van der Waals surface area contributed by atoms with Crippen molar-refractivity contribution in [3.05, 3.63) is 12.2 Å². The van der Waals surface area contributed by atoms with Crippen molar-refractivity contribution < 1.29 is 24.2 Å². The number of carbonyl (C=O) groups is 2. The van der Waals surface area contributed by atoms with E-state index in [1.54, 1.807) is 53.7 Å². The van der Waals surface area contributed by atoms with Crippen molar-refractivity contribution in [1.82, 2.24) is 10.4 Å². The molecule has 22 heavy (non-hydrogen) atoms. The fraction of sp³-hybridized carbons (Fsp3) is 0.733. The third kappa shape index (κ3) is 5.93. The SMILES string of the molecule is CC(C)(C)OC(=O)NN(C(=O)OC(C)(C)C)C1CC=C[C@@H]1O. The van der Waals surface area contributed by atoms with Gasteiger partial charge >= 0.3 is 12.2 Å². The molecule has 7 nitrogen and oxygen atoms in total. The van der Waals surface area contributed by atoms with E-state index in [1.165, 1.54) is 0 Å². The summed E-state index contributed by atoms with van der Waals surface area (Å²) < 4.78 is 10.4. The van der Waals surface area contributed by atoms with Crippen LogP contribution in [0.3, 0.4) is 0 Å². The van der Waals surface area contributed by atoms with Gasteiger partial charge in [-0.15, -0.1) is 0 Å². The highest BCUT2D eigenvalue weighted by Gasteiger charge is 2.35. The van der Waals surface area contributed by atoms with Crippen LogP contribution in [0.25, 0.3) is 0 Å². The van der Waals surface area contributed by atoms with Gasteiger partial charge in [0.1, 0.15) is 11.2 Å². The first-order chi connectivity index (χ1) is 9.89. The average molecular weight is 314 g/mol. The van der Waals surface area contributed by atoms with Crippen LogP contribution in [0.1, 0.15) is 48.0 Å². The van der Waals surface area contributed by atoms with Gasteiger partial charge < -0.3 is 14.6 Å². The van der Waals surface area contributed by atoms with E-state index in [9.17, 15) is 14.7 Å². The van der Waals surface area contributed by atoms with E-state index < -0.39 is 35.5 Å². The Labute approximate surface area is 131 Å². The van der Waals surface area contributed by atoms with Gasteiger partial charge in [0.2, 0.25) is 0 Å². The summed E-state index contributed by atoms with van der Waals surface area (Å²) in [4.78, 5) is 24.2. The van der Waals surface area contributed by atoms with Gasteiger partial charge in [0.15, 0.2) is 0 Å². The topological polar surface area (TPSA) is 88.1 Å². The van der Waals surface area contributed by atoms with Gasteiger partial charge in [-0.3, -0.25) is 0 Å². The largest absolute Gasteiger partial charge is 0.443 e. The maximum atomic E-state index is 12.3. The van der Waals surface area contributed by atoms with E-state index in [0.717, 1.165) is 5.01 Å². The minimum absolute atomic E-state index is 0.413. The third-order valence-electron chi connectivity index (χ3n) is 2.64. The molecule has 1 aliphatic rings. The van der Waals surface area contributed by atoms with Crippen LogP contribution in [0, 0.1) is 0 Å². The average Bonchev–Trinajstić information content (AvgIpc) is 2.67. The summed E-state index contributed by atoms with van der Waals surface area (Å²) in [6.07, 6.45) is 1.32. The maximum Gasteiger partial charge on any atom is 0.429 e. The Kier molecular flexibility index (Phi) is 5.45. The highest BCUT2D eigenvalue weighted by molar-refractivity contribution is 5.75. The number of hydrogen-bond donors (Lipinski definition) is 2. The van der Waals surface area contributed by atoms with Gasteiger partial charge in [0, 0.05) is 0 Å². The summed E-state index contributed by atoms with van der Waals surface area (Å²) in [5, 5.41) is 10.9. The first kappa shape index (κ1) is 18.3. The second-order valence-electron chi connectivity index (χ2n) is 7.19. The fourth-order valence-corrected chi connectivity index (χ4v) is 1.86. The molecule has 7 heteroatoms. The Morgan fingerprint density at radius 3 is 2.09 bits per heavy atom. The quantitative estimate of drug-likeness (QED) is 0.573. The van der Waals surface area contributed by atoms with Crippen LogP contribution in [0.15, 0.2) is 12.2 Å². The smallest absolute Gasteiger partial charge is 0.429 e. The molecular weight excluding hydrogens is 288 g/mol. The van der Waals surface area contributed by atoms with Gasteiger partial charge in [-0.2, -0.15) is 0 Å². The molecular formula is C15H26N2O5. The molecule has 0 saturated carbocycles. The van der Waals surface area contributed by atoms with Crippen molar-refractivity contribution in [2.24, 2.45) is 0 Å². The predicted molar refractivity (Wildman–Crippen MR) is 81.0 cm³/mol. The summed E-state index contributed by atoms with van der Waals surface area (Å²) in [7, 11) is 0. The molecule has 1 rings (SSSR count). The van der Waals surface area contributed by atoms with E-state index >= 15 is 0 Å². The Morgan fingerprint density at radius 2 is 1.68 bits per heavy atom. The molecule has 0 radical (unpaired) electrons. The number of nitrogens with zero attached hydrogens (tertiary/aromatic N) is 1. The first-order valence-corrected chi connectivity index (χ1v) is 7.25. The van der Waals surface area contributed by atoms with Crippen LogP contribution in [-0.4, -0.2) is 45.6 Å². The van der Waals surface area contributed by atoms with Crippen molar-refractivity contribution in [3.63, 3.8) is 0 Å². The van der Waals surface area contributed by atoms with Gasteiger partial charge in [-0.1, -0.05) is 12.2 Å². The van der Waals surface area contributed by atoms with Crippen LogP contribution < -0.4 is 5.43 Å². The molecule has 0 fully saturated rings. The predicted octanol–water partition coefficient (Wildman–Crippen LogP) is 2.35. The van der Waals surface area contributed by atoms with E-state index in [0.29, 0.717) is 6.42 Å². The Morgan fingerprint density at radius 1 is 1.14 bits per heavy atom. The maximum absolute atomic E-state index is 12.3. The number of hydrazine groups is 1. The lowest BCUT2D eigenvalue weighted by Gasteiger charge is -2.33. The zero-order chi connectivity index (χ0) is 17.1. The van der Waals surface area contributed by atoms with Gasteiger partial charge in [0.25, 0.3) is 0 Å². The van der Waals surface area contributed by atoms with Gasteiger partial charge in [-0.05, 0) is 48.0 Å². The fourth-order valence-electron chi connectivity index (χ4n) is 1.86. The monoisotopic (exact) mass is 314 g/mol. The van der Waals surface area contributed by atoms with Crippen molar-refractivity contribution in [3.8, 4) is 0 Å². The minimum Gasteiger partial charge on any atom is -0.443 e. The lowest BCUT2D eigenvalue weighted by Crippen LogP contribution is -2.56. The summed E-state index contributed by atoms with van der Waals surface area (Å²) in [5.74, 6) is 0. The standard InChI is InChI=1S/C15H26N2O5/c1-14(2,3)21-12(19)16-17(10-8-7-9-11(10)18)13(20)22-15(4,5)6/h7,9-11,18H,8H2,1-6H3,(H,16,19)/t10?,11-/m0/s1. The minimum atomic E-state index is -0.873. The molecule has 0 saturated heterocycles. The van der Waals surface area contributed by atoms with Crippen molar-refractivity contribution >= 4 is 12.2 Å². The summed E-state index contributed by atoms with van der Waals surface area (Å²) >= 11 is 0. The number of hydrogen-bond acceptors (Lipinski definition) is 5.